The average molecular weight is 491 g/mol. The van der Waals surface area contributed by atoms with Crippen molar-refractivity contribution in [1.29, 1.82) is 0 Å². The van der Waals surface area contributed by atoms with Gasteiger partial charge in [0.1, 0.15) is 5.56 Å². The van der Waals surface area contributed by atoms with Crippen LogP contribution >= 0.6 is 0 Å². The Morgan fingerprint density at radius 3 is 2.75 bits per heavy atom. The van der Waals surface area contributed by atoms with E-state index in [4.69, 9.17) is 9.72 Å². The maximum Gasteiger partial charge on any atom is 0.343 e. The Kier molecular flexibility index (Phi) is 7.29. The third-order valence-corrected chi connectivity index (χ3v) is 7.13. The highest BCUT2D eigenvalue weighted by molar-refractivity contribution is 5.93. The average Bonchev–Trinajstić information content (AvgIpc) is 3.36. The van der Waals surface area contributed by atoms with Crippen LogP contribution in [0.3, 0.4) is 0 Å². The summed E-state index contributed by atoms with van der Waals surface area (Å²) < 4.78 is 6.97. The number of fused-ring (bicyclic) bond motifs is 2. The summed E-state index contributed by atoms with van der Waals surface area (Å²) in [5.41, 5.74) is 3.57. The van der Waals surface area contributed by atoms with Gasteiger partial charge in [-0.15, -0.1) is 0 Å². The van der Waals surface area contributed by atoms with Gasteiger partial charge in [-0.25, -0.2) is 9.78 Å². The van der Waals surface area contributed by atoms with E-state index in [2.05, 4.69) is 39.3 Å². The van der Waals surface area contributed by atoms with E-state index >= 15 is 0 Å². The molecule has 3 heterocycles. The van der Waals surface area contributed by atoms with Gasteiger partial charge in [0.15, 0.2) is 5.65 Å². The molecule has 0 amide bonds. The van der Waals surface area contributed by atoms with Gasteiger partial charge in [-0.3, -0.25) is 4.79 Å². The van der Waals surface area contributed by atoms with Gasteiger partial charge in [-0.2, -0.15) is 4.98 Å². The summed E-state index contributed by atoms with van der Waals surface area (Å²) >= 11 is 0. The van der Waals surface area contributed by atoms with Crippen molar-refractivity contribution >= 4 is 23.0 Å². The van der Waals surface area contributed by atoms with Gasteiger partial charge in [-0.05, 0) is 69.5 Å². The number of carbonyl (C=O) groups is 1. The fourth-order valence-corrected chi connectivity index (χ4v) is 5.03. The number of piperazine rings is 1. The number of hydrogen-bond donors (Lipinski definition) is 1. The number of rotatable bonds is 8. The first-order valence-corrected chi connectivity index (χ1v) is 12.9. The number of ether oxygens (including phenoxy) is 1. The molecule has 9 heteroatoms. The number of likely N-dealkylation sites (N-methyl/N-ethyl adjacent to an activating group) is 1. The Labute approximate surface area is 211 Å². The van der Waals surface area contributed by atoms with Crippen molar-refractivity contribution in [2.45, 2.75) is 32.6 Å². The molecule has 2 aliphatic rings. The predicted octanol–water partition coefficient (Wildman–Crippen LogP) is 2.50. The number of hydrogen-bond acceptors (Lipinski definition) is 8. The second-order valence-electron chi connectivity index (χ2n) is 9.63. The first-order valence-electron chi connectivity index (χ1n) is 12.9. The minimum absolute atomic E-state index is 0.0127. The molecular formula is C27H34N6O3. The number of carbonyl (C=O) groups excluding carboxylic acids is 1. The van der Waals surface area contributed by atoms with Crippen LogP contribution in [0.25, 0.3) is 16.7 Å². The molecular weight excluding hydrogens is 456 g/mol. The van der Waals surface area contributed by atoms with Gasteiger partial charge in [-0.1, -0.05) is 6.07 Å². The molecule has 0 bridgehead atoms. The van der Waals surface area contributed by atoms with Crippen LogP contribution in [0.5, 0.6) is 0 Å². The topological polar surface area (TPSA) is 92.6 Å². The number of esters is 1. The molecule has 0 atom stereocenters. The maximum absolute atomic E-state index is 13.2. The van der Waals surface area contributed by atoms with Gasteiger partial charge < -0.3 is 24.4 Å². The lowest BCUT2D eigenvalue weighted by Gasteiger charge is -2.32. The Balaban J connectivity index is 1.43. The SMILES string of the molecule is CCOC(=O)c1cn(-c2ccc3c(c2)CCC3)c2nc(NCCCN3CCN(C)CC3)ncc2c1=O. The molecule has 1 saturated heterocycles. The molecule has 1 fully saturated rings. The molecule has 0 radical (unpaired) electrons. The van der Waals surface area contributed by atoms with E-state index in [-0.39, 0.29) is 12.2 Å². The van der Waals surface area contributed by atoms with Crippen molar-refractivity contribution in [2.75, 3.05) is 58.2 Å². The third kappa shape index (κ3) is 5.12. The molecule has 190 valence electrons. The van der Waals surface area contributed by atoms with E-state index in [0.29, 0.717) is 17.0 Å². The second kappa shape index (κ2) is 10.8. The van der Waals surface area contributed by atoms with Gasteiger partial charge >= 0.3 is 5.97 Å². The molecule has 9 nitrogen and oxygen atoms in total. The summed E-state index contributed by atoms with van der Waals surface area (Å²) in [5.74, 6) is -0.163. The number of aryl methyl sites for hydroxylation is 2. The van der Waals surface area contributed by atoms with Crippen molar-refractivity contribution in [3.05, 3.63) is 57.5 Å². The summed E-state index contributed by atoms with van der Waals surface area (Å²) in [5, 5.41) is 3.61. The number of anilines is 1. The smallest absolute Gasteiger partial charge is 0.343 e. The highest BCUT2D eigenvalue weighted by atomic mass is 16.5. The van der Waals surface area contributed by atoms with Crippen molar-refractivity contribution in [1.82, 2.24) is 24.3 Å². The number of benzene rings is 1. The van der Waals surface area contributed by atoms with Gasteiger partial charge in [0.2, 0.25) is 11.4 Å². The van der Waals surface area contributed by atoms with E-state index < -0.39 is 11.4 Å². The fourth-order valence-electron chi connectivity index (χ4n) is 5.03. The van der Waals surface area contributed by atoms with Crippen LogP contribution in [-0.2, 0) is 17.6 Å². The molecule has 0 unspecified atom stereocenters. The number of pyridine rings is 1. The Hall–Kier alpha value is -3.30. The zero-order chi connectivity index (χ0) is 25.1. The molecule has 5 rings (SSSR count). The van der Waals surface area contributed by atoms with Crippen molar-refractivity contribution < 1.29 is 9.53 Å². The lowest BCUT2D eigenvalue weighted by atomic mass is 10.1. The largest absolute Gasteiger partial charge is 0.462 e. The van der Waals surface area contributed by atoms with Crippen LogP contribution in [0.2, 0.25) is 0 Å². The van der Waals surface area contributed by atoms with E-state index in [0.717, 1.165) is 70.6 Å². The second-order valence-corrected chi connectivity index (χ2v) is 9.63. The maximum atomic E-state index is 13.2. The molecule has 1 aliphatic heterocycles. The lowest BCUT2D eigenvalue weighted by Crippen LogP contribution is -2.44. The molecule has 36 heavy (non-hydrogen) atoms. The summed E-state index contributed by atoms with van der Waals surface area (Å²) in [7, 11) is 2.16. The van der Waals surface area contributed by atoms with E-state index in [9.17, 15) is 9.59 Å². The molecule has 2 aromatic heterocycles. The first kappa shape index (κ1) is 24.4. The van der Waals surface area contributed by atoms with Crippen LogP contribution in [-0.4, -0.2) is 83.2 Å². The minimum Gasteiger partial charge on any atom is -0.462 e. The Morgan fingerprint density at radius 2 is 1.94 bits per heavy atom. The van der Waals surface area contributed by atoms with E-state index in [1.807, 2.05) is 10.6 Å². The highest BCUT2D eigenvalue weighted by Crippen LogP contribution is 2.26. The van der Waals surface area contributed by atoms with Crippen molar-refractivity contribution in [3.63, 3.8) is 0 Å². The zero-order valence-corrected chi connectivity index (χ0v) is 21.1. The van der Waals surface area contributed by atoms with Crippen LogP contribution in [0, 0.1) is 0 Å². The number of nitrogens with zero attached hydrogens (tertiary/aromatic N) is 5. The van der Waals surface area contributed by atoms with Gasteiger partial charge in [0, 0.05) is 50.8 Å². The molecule has 0 spiro atoms. The van der Waals surface area contributed by atoms with Crippen LogP contribution < -0.4 is 10.7 Å². The third-order valence-electron chi connectivity index (χ3n) is 7.13. The standard InChI is InChI=1S/C27H34N6O3/c1-3-36-26(35)23-18-33(21-9-8-19-6-4-7-20(19)16-21)25-22(24(23)34)17-29-27(30-25)28-10-5-11-32-14-12-31(2)13-15-32/h8-9,16-18H,3-7,10-15H2,1-2H3,(H,28,29,30). The summed E-state index contributed by atoms with van der Waals surface area (Å²) in [6.45, 7) is 8.09. The van der Waals surface area contributed by atoms with Gasteiger partial charge in [0.05, 0.1) is 12.0 Å². The lowest BCUT2D eigenvalue weighted by molar-refractivity contribution is 0.0524. The Bertz CT molecular complexity index is 1310. The molecule has 1 N–H and O–H groups in total. The quantitative estimate of drug-likeness (QED) is 0.380. The molecule has 0 saturated carbocycles. The van der Waals surface area contributed by atoms with Gasteiger partial charge in [0.25, 0.3) is 0 Å². The summed E-state index contributed by atoms with van der Waals surface area (Å²) in [6.07, 6.45) is 7.30. The zero-order valence-electron chi connectivity index (χ0n) is 21.1. The molecule has 1 aliphatic carbocycles. The normalized spacial score (nSPS) is 16.3. The predicted molar refractivity (Wildman–Crippen MR) is 140 cm³/mol. The van der Waals surface area contributed by atoms with Crippen LogP contribution in [0.4, 0.5) is 5.95 Å². The minimum atomic E-state index is -0.634. The fraction of sp³-hybridized carbons (Fsp3) is 0.481. The highest BCUT2D eigenvalue weighted by Gasteiger charge is 2.20. The number of nitrogens with one attached hydrogen (secondary N) is 1. The monoisotopic (exact) mass is 490 g/mol. The first-order chi connectivity index (χ1) is 17.5. The van der Waals surface area contributed by atoms with Crippen molar-refractivity contribution in [3.8, 4) is 5.69 Å². The molecule has 3 aromatic rings. The summed E-state index contributed by atoms with van der Waals surface area (Å²) in [6, 6.07) is 6.28. The molecule has 1 aromatic carbocycles. The number of aromatic nitrogens is 3. The Morgan fingerprint density at radius 1 is 1.14 bits per heavy atom. The van der Waals surface area contributed by atoms with Crippen LogP contribution in [0.15, 0.2) is 35.4 Å². The van der Waals surface area contributed by atoms with E-state index in [1.54, 1.807) is 13.1 Å². The van der Waals surface area contributed by atoms with Crippen molar-refractivity contribution in [2.24, 2.45) is 0 Å². The summed E-state index contributed by atoms with van der Waals surface area (Å²) in [4.78, 5) is 39.7. The van der Waals surface area contributed by atoms with E-state index in [1.165, 1.54) is 17.3 Å². The van der Waals surface area contributed by atoms with Crippen LogP contribution in [0.1, 0.15) is 41.3 Å².